The summed E-state index contributed by atoms with van der Waals surface area (Å²) in [5.41, 5.74) is 3.72. The van der Waals surface area contributed by atoms with Gasteiger partial charge in [-0.3, -0.25) is 4.79 Å². The summed E-state index contributed by atoms with van der Waals surface area (Å²) in [7, 11) is 0. The second kappa shape index (κ2) is 5.31. The van der Waals surface area contributed by atoms with E-state index in [0.29, 0.717) is 12.1 Å². The molecular formula is C17H15NO2. The Morgan fingerprint density at radius 1 is 1.00 bits per heavy atom. The summed E-state index contributed by atoms with van der Waals surface area (Å²) >= 11 is 0. The molecule has 0 bridgehead atoms. The lowest BCUT2D eigenvalue weighted by atomic mass is 10.1. The number of hydrogen-bond donors (Lipinski definition) is 1. The van der Waals surface area contributed by atoms with Gasteiger partial charge in [-0.15, -0.1) is 0 Å². The Hall–Kier alpha value is -2.39. The van der Waals surface area contributed by atoms with Crippen molar-refractivity contribution in [1.29, 1.82) is 0 Å². The number of fused-ring (bicyclic) bond motifs is 1. The molecule has 0 unspecified atom stereocenters. The average Bonchev–Trinajstić information content (AvgIpc) is 2.91. The number of aromatic nitrogens is 1. The standard InChI is InChI=1S/C17H15NO2/c19-11-14-6-4-13(5-7-14)10-18-9-8-15-2-1-3-16(12-20)17(15)18/h1-9,12,19H,10-11H2. The number of rotatable bonds is 4. The molecule has 2 aromatic carbocycles. The first-order valence-corrected chi connectivity index (χ1v) is 6.53. The van der Waals surface area contributed by atoms with Crippen molar-refractivity contribution in [3.05, 3.63) is 71.4 Å². The summed E-state index contributed by atoms with van der Waals surface area (Å²) in [5.74, 6) is 0. The molecule has 20 heavy (non-hydrogen) atoms. The Bertz CT molecular complexity index is 741. The summed E-state index contributed by atoms with van der Waals surface area (Å²) in [6, 6.07) is 15.6. The van der Waals surface area contributed by atoms with Crippen LogP contribution in [0.4, 0.5) is 0 Å². The minimum absolute atomic E-state index is 0.0576. The Morgan fingerprint density at radius 2 is 1.75 bits per heavy atom. The number of nitrogens with zero attached hydrogens (tertiary/aromatic N) is 1. The maximum absolute atomic E-state index is 11.2. The van der Waals surface area contributed by atoms with Crippen LogP contribution in [0.2, 0.25) is 0 Å². The number of aldehydes is 1. The van der Waals surface area contributed by atoms with Gasteiger partial charge in [-0.25, -0.2) is 0 Å². The molecule has 0 saturated heterocycles. The molecule has 1 heterocycles. The summed E-state index contributed by atoms with van der Waals surface area (Å²) in [6.07, 6.45) is 2.89. The van der Waals surface area contributed by atoms with E-state index in [1.54, 1.807) is 0 Å². The number of benzene rings is 2. The van der Waals surface area contributed by atoms with E-state index in [2.05, 4.69) is 4.57 Å². The topological polar surface area (TPSA) is 42.2 Å². The lowest BCUT2D eigenvalue weighted by Gasteiger charge is -2.08. The van der Waals surface area contributed by atoms with Crippen molar-refractivity contribution in [3.63, 3.8) is 0 Å². The first kappa shape index (κ1) is 12.6. The van der Waals surface area contributed by atoms with Crippen molar-refractivity contribution < 1.29 is 9.90 Å². The zero-order valence-electron chi connectivity index (χ0n) is 11.0. The fourth-order valence-electron chi connectivity index (χ4n) is 2.46. The van der Waals surface area contributed by atoms with Gasteiger partial charge >= 0.3 is 0 Å². The van der Waals surface area contributed by atoms with Crippen LogP contribution in [0.15, 0.2) is 54.7 Å². The van der Waals surface area contributed by atoms with Crippen LogP contribution in [-0.4, -0.2) is 16.0 Å². The summed E-state index contributed by atoms with van der Waals surface area (Å²) in [4.78, 5) is 11.2. The van der Waals surface area contributed by atoms with Gasteiger partial charge in [0.15, 0.2) is 6.29 Å². The third-order valence-electron chi connectivity index (χ3n) is 3.51. The predicted molar refractivity (Wildman–Crippen MR) is 78.8 cm³/mol. The quantitative estimate of drug-likeness (QED) is 0.737. The molecule has 0 atom stereocenters. The number of carbonyl (C=O) groups excluding carboxylic acids is 1. The number of aliphatic hydroxyl groups excluding tert-OH is 1. The van der Waals surface area contributed by atoms with Crippen molar-refractivity contribution in [3.8, 4) is 0 Å². The fourth-order valence-corrected chi connectivity index (χ4v) is 2.46. The van der Waals surface area contributed by atoms with Crippen LogP contribution in [0.25, 0.3) is 10.9 Å². The molecule has 0 amide bonds. The molecule has 0 fully saturated rings. The van der Waals surface area contributed by atoms with Crippen molar-refractivity contribution in [2.24, 2.45) is 0 Å². The third-order valence-corrected chi connectivity index (χ3v) is 3.51. The van der Waals surface area contributed by atoms with Crippen LogP contribution in [0, 0.1) is 0 Å². The molecule has 0 saturated carbocycles. The van der Waals surface area contributed by atoms with E-state index in [1.165, 1.54) is 0 Å². The molecule has 1 N–H and O–H groups in total. The molecule has 1 aromatic heterocycles. The SMILES string of the molecule is O=Cc1cccc2ccn(Cc3ccc(CO)cc3)c12. The van der Waals surface area contributed by atoms with Gasteiger partial charge in [-0.1, -0.05) is 36.4 Å². The maximum Gasteiger partial charge on any atom is 0.152 e. The van der Waals surface area contributed by atoms with E-state index >= 15 is 0 Å². The molecule has 0 aliphatic heterocycles. The molecule has 0 aliphatic rings. The van der Waals surface area contributed by atoms with Crippen molar-refractivity contribution in [1.82, 2.24) is 4.57 Å². The van der Waals surface area contributed by atoms with Gasteiger partial charge in [0.05, 0.1) is 12.1 Å². The summed E-state index contributed by atoms with van der Waals surface area (Å²) in [6.45, 7) is 0.766. The van der Waals surface area contributed by atoms with Gasteiger partial charge in [0.25, 0.3) is 0 Å². The van der Waals surface area contributed by atoms with E-state index in [-0.39, 0.29) is 6.61 Å². The van der Waals surface area contributed by atoms with E-state index in [4.69, 9.17) is 5.11 Å². The molecule has 0 radical (unpaired) electrons. The highest BCUT2D eigenvalue weighted by molar-refractivity contribution is 5.96. The third kappa shape index (κ3) is 2.24. The minimum Gasteiger partial charge on any atom is -0.392 e. The van der Waals surface area contributed by atoms with Gasteiger partial charge in [-0.2, -0.15) is 0 Å². The highest BCUT2D eigenvalue weighted by atomic mass is 16.3. The molecular weight excluding hydrogens is 250 g/mol. The van der Waals surface area contributed by atoms with E-state index in [0.717, 1.165) is 28.3 Å². The molecule has 0 aliphatic carbocycles. The summed E-state index contributed by atoms with van der Waals surface area (Å²) < 4.78 is 2.08. The minimum atomic E-state index is 0.0576. The highest BCUT2D eigenvalue weighted by Gasteiger charge is 2.06. The molecule has 100 valence electrons. The van der Waals surface area contributed by atoms with E-state index in [1.807, 2.05) is 54.7 Å². The molecule has 0 spiro atoms. The van der Waals surface area contributed by atoms with Crippen LogP contribution in [0.5, 0.6) is 0 Å². The normalized spacial score (nSPS) is 10.8. The fraction of sp³-hybridized carbons (Fsp3) is 0.118. The zero-order chi connectivity index (χ0) is 13.9. The Kier molecular flexibility index (Phi) is 3.35. The number of carbonyl (C=O) groups is 1. The second-order valence-corrected chi connectivity index (χ2v) is 4.82. The Labute approximate surface area is 117 Å². The molecule has 3 rings (SSSR count). The van der Waals surface area contributed by atoms with Crippen molar-refractivity contribution in [2.75, 3.05) is 0 Å². The van der Waals surface area contributed by atoms with E-state index in [9.17, 15) is 4.79 Å². The van der Waals surface area contributed by atoms with Crippen LogP contribution in [-0.2, 0) is 13.2 Å². The van der Waals surface area contributed by atoms with Crippen LogP contribution >= 0.6 is 0 Å². The Morgan fingerprint density at radius 3 is 2.45 bits per heavy atom. The highest BCUT2D eigenvalue weighted by Crippen LogP contribution is 2.20. The van der Waals surface area contributed by atoms with Gasteiger partial charge in [0.2, 0.25) is 0 Å². The average molecular weight is 265 g/mol. The van der Waals surface area contributed by atoms with Crippen molar-refractivity contribution in [2.45, 2.75) is 13.2 Å². The lowest BCUT2D eigenvalue weighted by molar-refractivity contribution is 0.112. The van der Waals surface area contributed by atoms with Crippen LogP contribution in [0.3, 0.4) is 0 Å². The maximum atomic E-state index is 11.2. The summed E-state index contributed by atoms with van der Waals surface area (Å²) in [5, 5.41) is 10.1. The largest absolute Gasteiger partial charge is 0.392 e. The van der Waals surface area contributed by atoms with Crippen LogP contribution in [0.1, 0.15) is 21.5 Å². The van der Waals surface area contributed by atoms with Crippen LogP contribution < -0.4 is 0 Å². The zero-order valence-corrected chi connectivity index (χ0v) is 11.0. The smallest absolute Gasteiger partial charge is 0.152 e. The van der Waals surface area contributed by atoms with Gasteiger partial charge in [-0.05, 0) is 23.3 Å². The first-order valence-electron chi connectivity index (χ1n) is 6.53. The van der Waals surface area contributed by atoms with Gasteiger partial charge < -0.3 is 9.67 Å². The van der Waals surface area contributed by atoms with Gasteiger partial charge in [0, 0.05) is 23.7 Å². The predicted octanol–water partition coefficient (Wildman–Crippen LogP) is 2.99. The number of aliphatic hydroxyl groups is 1. The molecule has 3 aromatic rings. The molecule has 3 heteroatoms. The second-order valence-electron chi connectivity index (χ2n) is 4.82. The Balaban J connectivity index is 1.99. The van der Waals surface area contributed by atoms with Gasteiger partial charge in [0.1, 0.15) is 0 Å². The van der Waals surface area contributed by atoms with E-state index < -0.39 is 0 Å². The molecule has 3 nitrogen and oxygen atoms in total. The monoisotopic (exact) mass is 265 g/mol. The van der Waals surface area contributed by atoms with Crippen molar-refractivity contribution >= 4 is 17.2 Å². The lowest BCUT2D eigenvalue weighted by Crippen LogP contribution is -2.00. The number of para-hydroxylation sites is 1. The number of hydrogen-bond acceptors (Lipinski definition) is 2. The first-order chi connectivity index (χ1) is 9.81.